The Hall–Kier alpha value is -2.91. The van der Waals surface area contributed by atoms with Gasteiger partial charge >= 0.3 is 5.97 Å². The Kier molecular flexibility index (Phi) is 7.35. The molecule has 0 bridgehead atoms. The first-order valence-electron chi connectivity index (χ1n) is 8.25. The average molecular weight is 441 g/mol. The molecule has 29 heavy (non-hydrogen) atoms. The zero-order valence-corrected chi connectivity index (χ0v) is 17.0. The van der Waals surface area contributed by atoms with Gasteiger partial charge in [0.2, 0.25) is 0 Å². The number of sulfonamides is 1. The van der Waals surface area contributed by atoms with Crippen LogP contribution in [0.15, 0.2) is 60.0 Å². The lowest BCUT2D eigenvalue weighted by Gasteiger charge is -2.20. The van der Waals surface area contributed by atoms with Gasteiger partial charge in [-0.25, -0.2) is 17.6 Å². The molecular weight excluding hydrogens is 423 g/mol. The van der Waals surface area contributed by atoms with E-state index in [1.54, 1.807) is 0 Å². The highest BCUT2D eigenvalue weighted by Gasteiger charge is 2.24. The molecule has 0 fully saturated rings. The van der Waals surface area contributed by atoms with Gasteiger partial charge < -0.3 is 10.1 Å². The molecule has 7 nitrogen and oxygen atoms in total. The van der Waals surface area contributed by atoms with E-state index in [2.05, 4.69) is 11.9 Å². The number of carbonyl (C=O) groups excluding carboxylic acids is 2. The molecule has 1 amide bonds. The molecule has 154 valence electrons. The number of esters is 1. The number of nitrogens with zero attached hydrogens (tertiary/aromatic N) is 1. The van der Waals surface area contributed by atoms with Crippen molar-refractivity contribution in [3.8, 4) is 0 Å². The summed E-state index contributed by atoms with van der Waals surface area (Å²) >= 11 is 5.99. The quantitative estimate of drug-likeness (QED) is 0.503. The number of amides is 1. The smallest absolute Gasteiger partial charge is 0.340 e. The number of benzene rings is 2. The third-order valence-corrected chi connectivity index (χ3v) is 5.90. The maximum atomic E-state index is 13.1. The Labute approximate surface area is 172 Å². The molecule has 10 heteroatoms. The Morgan fingerprint density at radius 2 is 1.90 bits per heavy atom. The van der Waals surface area contributed by atoms with Crippen LogP contribution in [-0.2, 0) is 19.6 Å². The van der Waals surface area contributed by atoms with Crippen LogP contribution in [0.25, 0.3) is 0 Å². The van der Waals surface area contributed by atoms with E-state index >= 15 is 0 Å². The monoisotopic (exact) mass is 440 g/mol. The van der Waals surface area contributed by atoms with Crippen molar-refractivity contribution in [3.63, 3.8) is 0 Å². The third-order valence-electron chi connectivity index (χ3n) is 3.78. The minimum Gasteiger partial charge on any atom is -0.452 e. The van der Waals surface area contributed by atoms with Crippen LogP contribution in [0.3, 0.4) is 0 Å². The van der Waals surface area contributed by atoms with Gasteiger partial charge in [0.05, 0.1) is 21.2 Å². The molecule has 0 saturated carbocycles. The first-order chi connectivity index (χ1) is 13.7. The van der Waals surface area contributed by atoms with Crippen molar-refractivity contribution in [2.45, 2.75) is 4.90 Å². The zero-order chi connectivity index (χ0) is 21.6. The lowest BCUT2D eigenvalue weighted by Crippen LogP contribution is -2.29. The Morgan fingerprint density at radius 3 is 2.52 bits per heavy atom. The Bertz CT molecular complexity index is 1030. The Balaban J connectivity index is 2.24. The fraction of sp³-hybridized carbons (Fsp3) is 0.158. The van der Waals surface area contributed by atoms with Gasteiger partial charge in [0.1, 0.15) is 5.82 Å². The second-order valence-electron chi connectivity index (χ2n) is 5.76. The van der Waals surface area contributed by atoms with Crippen LogP contribution >= 0.6 is 11.6 Å². The van der Waals surface area contributed by atoms with Gasteiger partial charge in [0, 0.05) is 13.6 Å². The van der Waals surface area contributed by atoms with Gasteiger partial charge in [0.15, 0.2) is 6.61 Å². The number of nitrogens with one attached hydrogen (secondary N) is 1. The summed E-state index contributed by atoms with van der Waals surface area (Å²) in [6.45, 7) is 3.09. The maximum Gasteiger partial charge on any atom is 0.340 e. The molecule has 2 aromatic rings. The molecule has 0 radical (unpaired) electrons. The van der Waals surface area contributed by atoms with Gasteiger partial charge in [0.25, 0.3) is 15.9 Å². The van der Waals surface area contributed by atoms with E-state index in [0.29, 0.717) is 0 Å². The fourth-order valence-corrected chi connectivity index (χ4v) is 3.63. The summed E-state index contributed by atoms with van der Waals surface area (Å²) in [7, 11) is -2.78. The SMILES string of the molecule is C=CCNC(=O)COC(=O)c1cc(S(=O)(=O)N(C)c2ccc(F)cc2)ccc1Cl. The first-order valence-corrected chi connectivity index (χ1v) is 10.1. The van der Waals surface area contributed by atoms with E-state index < -0.39 is 34.3 Å². The number of anilines is 1. The topological polar surface area (TPSA) is 92.8 Å². The lowest BCUT2D eigenvalue weighted by molar-refractivity contribution is -0.124. The molecule has 0 atom stereocenters. The molecule has 0 heterocycles. The van der Waals surface area contributed by atoms with Crippen LogP contribution in [0, 0.1) is 5.82 Å². The molecule has 0 spiro atoms. The average Bonchev–Trinajstić information content (AvgIpc) is 2.70. The summed E-state index contributed by atoms with van der Waals surface area (Å²) in [6.07, 6.45) is 1.46. The number of ether oxygens (including phenoxy) is 1. The van der Waals surface area contributed by atoms with Crippen molar-refractivity contribution in [3.05, 3.63) is 71.5 Å². The highest BCUT2D eigenvalue weighted by molar-refractivity contribution is 7.92. The highest BCUT2D eigenvalue weighted by atomic mass is 35.5. The van der Waals surface area contributed by atoms with Crippen LogP contribution in [0.5, 0.6) is 0 Å². The number of hydrogen-bond donors (Lipinski definition) is 1. The van der Waals surface area contributed by atoms with Crippen molar-refractivity contribution in [1.82, 2.24) is 5.32 Å². The summed E-state index contributed by atoms with van der Waals surface area (Å²) in [4.78, 5) is 23.5. The molecule has 0 aliphatic carbocycles. The summed E-state index contributed by atoms with van der Waals surface area (Å²) in [5.74, 6) is -2.01. The van der Waals surface area contributed by atoms with Gasteiger partial charge in [-0.3, -0.25) is 9.10 Å². The molecule has 1 N–H and O–H groups in total. The van der Waals surface area contributed by atoms with E-state index in [1.807, 2.05) is 0 Å². The summed E-state index contributed by atoms with van der Waals surface area (Å²) in [5.41, 5.74) is 0.0149. The Morgan fingerprint density at radius 1 is 1.24 bits per heavy atom. The van der Waals surface area contributed by atoms with Gasteiger partial charge in [-0.2, -0.15) is 0 Å². The van der Waals surface area contributed by atoms with Gasteiger partial charge in [-0.1, -0.05) is 17.7 Å². The standard InChI is InChI=1S/C19H18ClFN2O5S/c1-3-10-22-18(24)12-28-19(25)16-11-15(8-9-17(16)20)29(26,27)23(2)14-6-4-13(21)5-7-14/h3-9,11H,1,10,12H2,2H3,(H,22,24). The van der Waals surface area contributed by atoms with E-state index in [1.165, 1.54) is 37.4 Å². The lowest BCUT2D eigenvalue weighted by atomic mass is 10.2. The summed E-state index contributed by atoms with van der Waals surface area (Å²) in [5, 5.41) is 2.39. The normalized spacial score (nSPS) is 10.9. The predicted octanol–water partition coefficient (Wildman–Crippen LogP) is 2.76. The van der Waals surface area contributed by atoms with Crippen LogP contribution in [0.4, 0.5) is 10.1 Å². The molecule has 2 rings (SSSR count). The molecule has 0 aliphatic rings. The van der Waals surface area contributed by atoms with E-state index in [9.17, 15) is 22.4 Å². The molecule has 2 aromatic carbocycles. The number of rotatable bonds is 8. The summed E-state index contributed by atoms with van der Waals surface area (Å²) < 4.78 is 44.6. The van der Waals surface area contributed by atoms with Gasteiger partial charge in [-0.15, -0.1) is 6.58 Å². The van der Waals surface area contributed by atoms with Crippen molar-refractivity contribution in [2.24, 2.45) is 0 Å². The van der Waals surface area contributed by atoms with E-state index in [-0.39, 0.29) is 27.7 Å². The third kappa shape index (κ3) is 5.55. The minimum atomic E-state index is -4.07. The molecule has 0 aromatic heterocycles. The van der Waals surface area contributed by atoms with Crippen molar-refractivity contribution < 1.29 is 27.1 Å². The van der Waals surface area contributed by atoms with Crippen LogP contribution in [0.1, 0.15) is 10.4 Å². The predicted molar refractivity (Wildman–Crippen MR) is 107 cm³/mol. The summed E-state index contributed by atoms with van der Waals surface area (Å²) in [6, 6.07) is 8.39. The van der Waals surface area contributed by atoms with Crippen molar-refractivity contribution in [1.29, 1.82) is 0 Å². The number of hydrogen-bond acceptors (Lipinski definition) is 5. The van der Waals surface area contributed by atoms with Crippen LogP contribution < -0.4 is 9.62 Å². The van der Waals surface area contributed by atoms with Crippen LogP contribution in [0.2, 0.25) is 5.02 Å². The molecular formula is C19H18ClFN2O5S. The van der Waals surface area contributed by atoms with E-state index in [4.69, 9.17) is 16.3 Å². The number of halogens is 2. The van der Waals surface area contributed by atoms with Crippen molar-refractivity contribution >= 4 is 39.2 Å². The fourth-order valence-electron chi connectivity index (χ4n) is 2.22. The molecule has 0 aliphatic heterocycles. The van der Waals surface area contributed by atoms with Crippen molar-refractivity contribution in [2.75, 3.05) is 24.5 Å². The highest BCUT2D eigenvalue weighted by Crippen LogP contribution is 2.26. The minimum absolute atomic E-state index is 0.0371. The zero-order valence-electron chi connectivity index (χ0n) is 15.4. The second kappa shape index (κ2) is 9.53. The van der Waals surface area contributed by atoms with Crippen LogP contribution in [-0.4, -0.2) is 40.5 Å². The largest absolute Gasteiger partial charge is 0.452 e. The van der Waals surface area contributed by atoms with Gasteiger partial charge in [-0.05, 0) is 42.5 Å². The first kappa shape index (κ1) is 22.4. The second-order valence-corrected chi connectivity index (χ2v) is 8.14. The van der Waals surface area contributed by atoms with E-state index in [0.717, 1.165) is 22.5 Å². The number of carbonyl (C=O) groups is 2. The molecule has 0 saturated heterocycles. The molecule has 0 unspecified atom stereocenters. The maximum absolute atomic E-state index is 13.1.